The van der Waals surface area contributed by atoms with Crippen LogP contribution in [-0.4, -0.2) is 18.2 Å². The smallest absolute Gasteiger partial charge is 0.339 e. The average Bonchev–Trinajstić information content (AvgIpc) is 2.41. The van der Waals surface area contributed by atoms with Crippen LogP contribution in [0.25, 0.3) is 0 Å². The van der Waals surface area contributed by atoms with Crippen LogP contribution in [0.2, 0.25) is 0 Å². The fourth-order valence-electron chi connectivity index (χ4n) is 1.54. The number of benzene rings is 2. The molecule has 5 heteroatoms. The van der Waals surface area contributed by atoms with Crippen molar-refractivity contribution in [2.45, 2.75) is 0 Å². The van der Waals surface area contributed by atoms with Crippen LogP contribution in [0, 0.1) is 0 Å². The zero-order valence-electron chi connectivity index (χ0n) is 10.1. The number of aromatic carboxylic acids is 1. The molecule has 0 unspecified atom stereocenters. The molecule has 2 rings (SSSR count). The van der Waals surface area contributed by atoms with E-state index < -0.39 is 5.97 Å². The summed E-state index contributed by atoms with van der Waals surface area (Å²) in [5, 5.41) is 9.08. The first-order valence-corrected chi connectivity index (χ1v) is 6.25. The van der Waals surface area contributed by atoms with E-state index >= 15 is 0 Å². The van der Waals surface area contributed by atoms with Crippen molar-refractivity contribution >= 4 is 21.9 Å². The molecule has 0 atom stereocenters. The molecule has 4 nitrogen and oxygen atoms in total. The van der Waals surface area contributed by atoms with E-state index in [1.807, 2.05) is 0 Å². The van der Waals surface area contributed by atoms with Gasteiger partial charge in [-0.25, -0.2) is 4.79 Å². The highest BCUT2D eigenvalue weighted by Gasteiger charge is 2.12. The van der Waals surface area contributed by atoms with Gasteiger partial charge in [0.2, 0.25) is 0 Å². The van der Waals surface area contributed by atoms with Crippen molar-refractivity contribution in [2.24, 2.45) is 0 Å². The van der Waals surface area contributed by atoms with Crippen molar-refractivity contribution in [1.82, 2.24) is 0 Å². The summed E-state index contributed by atoms with van der Waals surface area (Å²) in [6, 6.07) is 11.7. The van der Waals surface area contributed by atoms with E-state index in [1.165, 1.54) is 6.07 Å². The van der Waals surface area contributed by atoms with Gasteiger partial charge in [0.1, 0.15) is 22.8 Å². The Hall–Kier alpha value is -2.01. The van der Waals surface area contributed by atoms with Gasteiger partial charge in [-0.15, -0.1) is 0 Å². The predicted molar refractivity (Wildman–Crippen MR) is 74.2 cm³/mol. The van der Waals surface area contributed by atoms with Crippen molar-refractivity contribution in [1.29, 1.82) is 0 Å². The van der Waals surface area contributed by atoms with Gasteiger partial charge < -0.3 is 14.6 Å². The Morgan fingerprint density at radius 1 is 1.16 bits per heavy atom. The summed E-state index contributed by atoms with van der Waals surface area (Å²) >= 11 is 3.35. The van der Waals surface area contributed by atoms with Crippen molar-refractivity contribution in [2.75, 3.05) is 7.11 Å². The Morgan fingerprint density at radius 2 is 1.89 bits per heavy atom. The topological polar surface area (TPSA) is 55.8 Å². The molecule has 0 saturated carbocycles. The molecule has 2 aromatic carbocycles. The maximum atomic E-state index is 11.1. The number of hydrogen-bond donors (Lipinski definition) is 1. The van der Waals surface area contributed by atoms with E-state index in [0.717, 1.165) is 0 Å². The molecular formula is C14H11BrO4. The standard InChI is InChI=1S/C14H11BrO4/c1-18-9-6-7-13(11(15)8-9)19-12-5-3-2-4-10(12)14(16)17/h2-8H,1H3,(H,16,17). The summed E-state index contributed by atoms with van der Waals surface area (Å²) in [5.41, 5.74) is 0.116. The monoisotopic (exact) mass is 322 g/mol. The lowest BCUT2D eigenvalue weighted by Crippen LogP contribution is -1.99. The lowest BCUT2D eigenvalue weighted by molar-refractivity contribution is 0.0694. The molecule has 0 aliphatic heterocycles. The highest BCUT2D eigenvalue weighted by molar-refractivity contribution is 9.10. The van der Waals surface area contributed by atoms with Gasteiger partial charge in [0.25, 0.3) is 0 Å². The second-order valence-corrected chi connectivity index (χ2v) is 4.55. The van der Waals surface area contributed by atoms with E-state index in [0.29, 0.717) is 21.7 Å². The van der Waals surface area contributed by atoms with Crippen molar-refractivity contribution < 1.29 is 19.4 Å². The highest BCUT2D eigenvalue weighted by Crippen LogP contribution is 2.33. The van der Waals surface area contributed by atoms with Gasteiger partial charge >= 0.3 is 5.97 Å². The molecule has 0 amide bonds. The number of carboxylic acid groups (broad SMARTS) is 1. The maximum absolute atomic E-state index is 11.1. The number of ether oxygens (including phenoxy) is 2. The van der Waals surface area contributed by atoms with Gasteiger partial charge in [-0.05, 0) is 46.3 Å². The number of halogens is 1. The molecule has 2 aromatic rings. The number of carboxylic acids is 1. The Kier molecular flexibility index (Phi) is 4.06. The number of hydrogen-bond acceptors (Lipinski definition) is 3. The molecule has 0 heterocycles. The lowest BCUT2D eigenvalue weighted by Gasteiger charge is -2.11. The molecule has 19 heavy (non-hydrogen) atoms. The van der Waals surface area contributed by atoms with Gasteiger partial charge in [-0.1, -0.05) is 12.1 Å². The molecule has 0 fully saturated rings. The summed E-state index contributed by atoms with van der Waals surface area (Å²) in [6.07, 6.45) is 0. The zero-order valence-corrected chi connectivity index (χ0v) is 11.7. The minimum absolute atomic E-state index is 0.116. The Labute approximate surface area is 118 Å². The molecule has 0 aliphatic carbocycles. The summed E-state index contributed by atoms with van der Waals surface area (Å²) in [7, 11) is 1.57. The van der Waals surface area contributed by atoms with Crippen molar-refractivity contribution in [3.63, 3.8) is 0 Å². The van der Waals surface area contributed by atoms with Crippen LogP contribution in [0.1, 0.15) is 10.4 Å². The van der Waals surface area contributed by atoms with E-state index in [4.69, 9.17) is 14.6 Å². The fraction of sp³-hybridized carbons (Fsp3) is 0.0714. The average molecular weight is 323 g/mol. The molecule has 1 N–H and O–H groups in total. The fourth-order valence-corrected chi connectivity index (χ4v) is 1.98. The lowest BCUT2D eigenvalue weighted by atomic mass is 10.2. The molecule has 0 aromatic heterocycles. The first kappa shape index (κ1) is 13.4. The summed E-state index contributed by atoms with van der Waals surface area (Å²) in [6.45, 7) is 0. The van der Waals surface area contributed by atoms with Crippen LogP contribution in [0.5, 0.6) is 17.2 Å². The molecular weight excluding hydrogens is 312 g/mol. The van der Waals surface area contributed by atoms with Crippen molar-refractivity contribution in [3.05, 3.63) is 52.5 Å². The summed E-state index contributed by atoms with van der Waals surface area (Å²) in [5.74, 6) is 0.473. The summed E-state index contributed by atoms with van der Waals surface area (Å²) in [4.78, 5) is 11.1. The van der Waals surface area contributed by atoms with Gasteiger partial charge in [0.15, 0.2) is 0 Å². The first-order valence-electron chi connectivity index (χ1n) is 5.45. The Balaban J connectivity index is 2.34. The third-order valence-corrected chi connectivity index (χ3v) is 3.10. The minimum Gasteiger partial charge on any atom is -0.497 e. The number of para-hydroxylation sites is 1. The Bertz CT molecular complexity index is 610. The summed E-state index contributed by atoms with van der Waals surface area (Å²) < 4.78 is 11.4. The third-order valence-electron chi connectivity index (χ3n) is 2.48. The number of carbonyl (C=O) groups is 1. The quantitative estimate of drug-likeness (QED) is 0.926. The van der Waals surface area contributed by atoms with Crippen LogP contribution in [0.4, 0.5) is 0 Å². The van der Waals surface area contributed by atoms with Crippen LogP contribution >= 0.6 is 15.9 Å². The minimum atomic E-state index is -1.03. The normalized spacial score (nSPS) is 10.0. The van der Waals surface area contributed by atoms with E-state index in [-0.39, 0.29) is 5.56 Å². The van der Waals surface area contributed by atoms with Gasteiger partial charge in [-0.3, -0.25) is 0 Å². The van der Waals surface area contributed by atoms with Crippen LogP contribution in [0.15, 0.2) is 46.9 Å². The molecule has 0 saturated heterocycles. The first-order chi connectivity index (χ1) is 9.11. The van der Waals surface area contributed by atoms with Crippen LogP contribution < -0.4 is 9.47 Å². The molecule has 0 spiro atoms. The van der Waals surface area contributed by atoms with Crippen LogP contribution in [-0.2, 0) is 0 Å². The molecule has 0 bridgehead atoms. The predicted octanol–water partition coefficient (Wildman–Crippen LogP) is 3.95. The highest BCUT2D eigenvalue weighted by atomic mass is 79.9. The number of rotatable bonds is 4. The van der Waals surface area contributed by atoms with Gasteiger partial charge in [0, 0.05) is 0 Å². The van der Waals surface area contributed by atoms with E-state index in [1.54, 1.807) is 43.5 Å². The van der Waals surface area contributed by atoms with Gasteiger partial charge in [-0.2, -0.15) is 0 Å². The SMILES string of the molecule is COc1ccc(Oc2ccccc2C(=O)O)c(Br)c1. The Morgan fingerprint density at radius 3 is 2.53 bits per heavy atom. The van der Waals surface area contributed by atoms with Gasteiger partial charge in [0.05, 0.1) is 11.6 Å². The third kappa shape index (κ3) is 3.06. The molecule has 0 radical (unpaired) electrons. The second-order valence-electron chi connectivity index (χ2n) is 3.70. The maximum Gasteiger partial charge on any atom is 0.339 e. The zero-order chi connectivity index (χ0) is 13.8. The largest absolute Gasteiger partial charge is 0.497 e. The second kappa shape index (κ2) is 5.75. The van der Waals surface area contributed by atoms with E-state index in [2.05, 4.69) is 15.9 Å². The van der Waals surface area contributed by atoms with E-state index in [9.17, 15) is 4.79 Å². The van der Waals surface area contributed by atoms with Crippen LogP contribution in [0.3, 0.4) is 0 Å². The van der Waals surface area contributed by atoms with Crippen molar-refractivity contribution in [3.8, 4) is 17.2 Å². The number of methoxy groups -OCH3 is 1. The molecule has 0 aliphatic rings. The molecule has 98 valence electrons.